The molecular weight excluding hydrogens is 463 g/mol. The van der Waals surface area contributed by atoms with Crippen molar-refractivity contribution in [3.63, 3.8) is 0 Å². The third-order valence-electron chi connectivity index (χ3n) is 8.23. The fourth-order valence-electron chi connectivity index (χ4n) is 6.70. The number of aliphatic hydroxyl groups is 1. The number of anilines is 1. The van der Waals surface area contributed by atoms with Crippen molar-refractivity contribution in [2.75, 3.05) is 24.5 Å². The number of piperidine rings is 2. The van der Waals surface area contributed by atoms with Crippen molar-refractivity contribution in [3.8, 4) is 11.1 Å². The van der Waals surface area contributed by atoms with Gasteiger partial charge in [-0.15, -0.1) is 0 Å². The van der Waals surface area contributed by atoms with E-state index >= 15 is 4.39 Å². The van der Waals surface area contributed by atoms with E-state index in [1.54, 1.807) is 29.3 Å². The van der Waals surface area contributed by atoms with Gasteiger partial charge in [0.25, 0.3) is 5.91 Å². The van der Waals surface area contributed by atoms with Gasteiger partial charge in [0.15, 0.2) is 0 Å². The number of carbonyl (C=O) groups is 2. The molecule has 3 aliphatic heterocycles. The molecule has 0 aliphatic carbocycles. The topological polar surface area (TPSA) is 106 Å². The molecule has 4 heterocycles. The Morgan fingerprint density at radius 2 is 2.03 bits per heavy atom. The lowest BCUT2D eigenvalue weighted by Crippen LogP contribution is -2.62. The molecule has 2 aromatic rings. The van der Waals surface area contributed by atoms with Crippen LogP contribution in [0.15, 0.2) is 36.5 Å². The number of benzene rings is 1. The minimum absolute atomic E-state index is 0.0346. The third kappa shape index (κ3) is 4.30. The average molecular weight is 497 g/mol. The molecule has 3 aliphatic rings. The van der Waals surface area contributed by atoms with Crippen LogP contribution in [0.25, 0.3) is 11.1 Å². The number of aromatic nitrogens is 1. The van der Waals surface area contributed by atoms with Gasteiger partial charge in [0.2, 0.25) is 0 Å². The minimum atomic E-state index is -0.913. The Labute approximate surface area is 210 Å². The predicted molar refractivity (Wildman–Crippen MR) is 133 cm³/mol. The quantitative estimate of drug-likeness (QED) is 0.580. The molecule has 1 aromatic carbocycles. The number of carboxylic acid groups (broad SMARTS) is 1. The molecule has 192 valence electrons. The van der Waals surface area contributed by atoms with Crippen LogP contribution in [0.1, 0.15) is 55.9 Å². The van der Waals surface area contributed by atoms with Gasteiger partial charge in [0.1, 0.15) is 11.5 Å². The van der Waals surface area contributed by atoms with E-state index in [1.165, 1.54) is 6.07 Å². The van der Waals surface area contributed by atoms with E-state index in [2.05, 4.69) is 10.3 Å². The Bertz CT molecular complexity index is 1140. The molecular formula is C27H33FN4O4. The van der Waals surface area contributed by atoms with Crippen molar-refractivity contribution in [1.82, 2.24) is 15.2 Å². The highest BCUT2D eigenvalue weighted by Crippen LogP contribution is 2.51. The van der Waals surface area contributed by atoms with Crippen LogP contribution < -0.4 is 10.2 Å². The number of hydrogen-bond donors (Lipinski definition) is 3. The Morgan fingerprint density at radius 1 is 1.22 bits per heavy atom. The molecule has 36 heavy (non-hydrogen) atoms. The average Bonchev–Trinajstić information content (AvgIpc) is 3.13. The van der Waals surface area contributed by atoms with Crippen LogP contribution in [0.2, 0.25) is 0 Å². The number of aliphatic hydroxyl groups excluding tert-OH is 1. The molecule has 0 spiro atoms. The number of rotatable bonds is 5. The number of nitrogens with one attached hydrogen (secondary N) is 1. The maximum atomic E-state index is 15.4. The van der Waals surface area contributed by atoms with Crippen molar-refractivity contribution in [2.45, 2.75) is 63.1 Å². The normalized spacial score (nSPS) is 27.7. The smallest absolute Gasteiger partial charge is 0.408 e. The summed E-state index contributed by atoms with van der Waals surface area (Å²) in [6.45, 7) is 3.61. The van der Waals surface area contributed by atoms with Crippen molar-refractivity contribution < 1.29 is 24.2 Å². The lowest BCUT2D eigenvalue weighted by Gasteiger charge is -2.52. The molecule has 0 radical (unpaired) electrons. The Morgan fingerprint density at radius 3 is 2.72 bits per heavy atom. The summed E-state index contributed by atoms with van der Waals surface area (Å²) < 4.78 is 15.4. The highest BCUT2D eigenvalue weighted by molar-refractivity contribution is 5.92. The number of carbonyl (C=O) groups excluding carboxylic acids is 1. The van der Waals surface area contributed by atoms with Gasteiger partial charge in [-0.05, 0) is 69.2 Å². The fourth-order valence-corrected chi connectivity index (χ4v) is 6.70. The summed E-state index contributed by atoms with van der Waals surface area (Å²) in [5, 5.41) is 23.2. The molecule has 4 unspecified atom stereocenters. The summed E-state index contributed by atoms with van der Waals surface area (Å²) in [5.74, 6) is -0.556. The zero-order chi connectivity index (χ0) is 25.4. The van der Waals surface area contributed by atoms with E-state index in [4.69, 9.17) is 0 Å². The molecule has 3 saturated heterocycles. The summed E-state index contributed by atoms with van der Waals surface area (Å²) in [7, 11) is 0. The second kappa shape index (κ2) is 9.69. The van der Waals surface area contributed by atoms with Crippen LogP contribution in [-0.2, 0) is 0 Å². The first-order chi connectivity index (χ1) is 17.3. The van der Waals surface area contributed by atoms with Crippen LogP contribution in [0.5, 0.6) is 0 Å². The first-order valence-electron chi connectivity index (χ1n) is 12.8. The highest BCUT2D eigenvalue weighted by Gasteiger charge is 2.57. The molecule has 8 nitrogen and oxygen atoms in total. The zero-order valence-electron chi connectivity index (χ0n) is 20.5. The van der Waals surface area contributed by atoms with Gasteiger partial charge in [0.05, 0.1) is 17.3 Å². The van der Waals surface area contributed by atoms with Gasteiger partial charge in [-0.2, -0.15) is 0 Å². The summed E-state index contributed by atoms with van der Waals surface area (Å²) >= 11 is 0. The third-order valence-corrected chi connectivity index (χ3v) is 8.23. The Hall–Kier alpha value is -3.20. The molecule has 9 heteroatoms. The number of hydrogen-bond acceptors (Lipinski definition) is 5. The van der Waals surface area contributed by atoms with Crippen LogP contribution >= 0.6 is 0 Å². The lowest BCUT2D eigenvalue weighted by atomic mass is 9.72. The molecule has 3 fully saturated rings. The second-order valence-corrected chi connectivity index (χ2v) is 10.3. The largest absolute Gasteiger partial charge is 0.465 e. The van der Waals surface area contributed by atoms with E-state index in [-0.39, 0.29) is 23.7 Å². The van der Waals surface area contributed by atoms with Gasteiger partial charge < -0.3 is 20.4 Å². The molecule has 2 bridgehead atoms. The molecule has 2 amide bonds. The van der Waals surface area contributed by atoms with E-state index in [0.29, 0.717) is 55.0 Å². The van der Waals surface area contributed by atoms with Gasteiger partial charge >= 0.3 is 6.09 Å². The van der Waals surface area contributed by atoms with Crippen LogP contribution in [0.4, 0.5) is 14.9 Å². The molecule has 0 saturated carbocycles. The van der Waals surface area contributed by atoms with Gasteiger partial charge in [0, 0.05) is 43.4 Å². The van der Waals surface area contributed by atoms with Crippen LogP contribution in [-0.4, -0.2) is 69.4 Å². The SMILES string of the molecule is CCNC(=O)c1ccc(-c2ccc(N3CCCC(C45CCC(CC(O)C4)N5C(=O)O)C3)c(F)c2)cn1. The first-order valence-corrected chi connectivity index (χ1v) is 12.8. The van der Waals surface area contributed by atoms with Gasteiger partial charge in [-0.25, -0.2) is 9.18 Å². The number of fused-ring (bicyclic) bond motifs is 2. The molecule has 4 atom stereocenters. The maximum Gasteiger partial charge on any atom is 0.408 e. The van der Waals surface area contributed by atoms with E-state index < -0.39 is 17.7 Å². The molecule has 3 N–H and O–H groups in total. The monoisotopic (exact) mass is 496 g/mol. The van der Waals surface area contributed by atoms with Crippen molar-refractivity contribution >= 4 is 17.7 Å². The van der Waals surface area contributed by atoms with E-state index in [9.17, 15) is 19.8 Å². The number of halogens is 1. The second-order valence-electron chi connectivity index (χ2n) is 10.3. The maximum absolute atomic E-state index is 15.4. The van der Waals surface area contributed by atoms with E-state index in [0.717, 1.165) is 25.7 Å². The summed E-state index contributed by atoms with van der Waals surface area (Å²) in [5.41, 5.74) is 1.62. The van der Waals surface area contributed by atoms with Crippen LogP contribution in [0.3, 0.4) is 0 Å². The predicted octanol–water partition coefficient (Wildman–Crippen LogP) is 3.89. The number of nitrogens with zero attached hydrogens (tertiary/aromatic N) is 3. The fraction of sp³-hybridized carbons (Fsp3) is 0.519. The van der Waals surface area contributed by atoms with Crippen molar-refractivity contribution in [3.05, 3.63) is 48.0 Å². The summed E-state index contributed by atoms with van der Waals surface area (Å²) in [6.07, 6.45) is 4.35. The van der Waals surface area contributed by atoms with E-state index in [1.807, 2.05) is 17.9 Å². The van der Waals surface area contributed by atoms with Crippen molar-refractivity contribution in [2.24, 2.45) is 5.92 Å². The standard InChI is InChI=1S/C27H33FN4O4/c1-2-29-25(34)23-7-5-18(15-30-23)17-6-8-24(22(28)12-17)31-11-3-4-19(16-31)27-10-9-20(13-21(33)14-27)32(27)26(35)36/h5-8,12,15,19-21,33H,2-4,9-11,13-14,16H2,1H3,(H,29,34)(H,35,36). The number of pyridine rings is 1. The Kier molecular flexibility index (Phi) is 6.59. The first kappa shape index (κ1) is 24.5. The van der Waals surface area contributed by atoms with Gasteiger partial charge in [-0.3, -0.25) is 14.7 Å². The number of amides is 2. The molecule has 5 rings (SSSR count). The van der Waals surface area contributed by atoms with Gasteiger partial charge in [-0.1, -0.05) is 12.1 Å². The minimum Gasteiger partial charge on any atom is -0.465 e. The Balaban J connectivity index is 1.35. The van der Waals surface area contributed by atoms with Crippen LogP contribution in [0, 0.1) is 11.7 Å². The molecule has 1 aromatic heterocycles. The van der Waals surface area contributed by atoms with Crippen molar-refractivity contribution in [1.29, 1.82) is 0 Å². The zero-order valence-corrected chi connectivity index (χ0v) is 20.5. The summed E-state index contributed by atoms with van der Waals surface area (Å²) in [6, 6.07) is 8.36. The highest BCUT2D eigenvalue weighted by atomic mass is 19.1. The lowest BCUT2D eigenvalue weighted by molar-refractivity contribution is -0.0390. The summed E-state index contributed by atoms with van der Waals surface area (Å²) in [4.78, 5) is 32.0.